The second kappa shape index (κ2) is 11.8. The summed E-state index contributed by atoms with van der Waals surface area (Å²) in [5, 5.41) is 24.4. The summed E-state index contributed by atoms with van der Waals surface area (Å²) >= 11 is 6.05. The Kier molecular flexibility index (Phi) is 8.28. The highest BCUT2D eigenvalue weighted by atomic mass is 35.5. The molecule has 3 aromatic rings. The zero-order valence-electron chi connectivity index (χ0n) is 21.1. The van der Waals surface area contributed by atoms with Crippen LogP contribution in [0.1, 0.15) is 55.2 Å². The third-order valence-corrected chi connectivity index (χ3v) is 7.81. The van der Waals surface area contributed by atoms with E-state index in [1.807, 2.05) is 41.3 Å². The fraction of sp³-hybridized carbons (Fsp3) is 0.464. The van der Waals surface area contributed by atoms with Crippen LogP contribution in [0.4, 0.5) is 4.79 Å². The number of hydrogen-bond donors (Lipinski definition) is 2. The predicted molar refractivity (Wildman–Crippen MR) is 140 cm³/mol. The minimum absolute atomic E-state index is 0.0164. The first kappa shape index (κ1) is 26.6. The number of carboxylic acid groups (broad SMARTS) is 1. The third-order valence-electron chi connectivity index (χ3n) is 7.55. The van der Waals surface area contributed by atoms with Crippen molar-refractivity contribution in [2.75, 3.05) is 26.2 Å². The molecule has 2 heterocycles. The van der Waals surface area contributed by atoms with Gasteiger partial charge in [0, 0.05) is 29.1 Å². The summed E-state index contributed by atoms with van der Waals surface area (Å²) in [5.74, 6) is 0.878. The number of halogens is 1. The van der Waals surface area contributed by atoms with Crippen LogP contribution in [0, 0.1) is 0 Å². The van der Waals surface area contributed by atoms with E-state index < -0.39 is 12.3 Å². The molecule has 9 nitrogen and oxygen atoms in total. The monoisotopic (exact) mass is 541 g/mol. The van der Waals surface area contributed by atoms with Crippen molar-refractivity contribution in [3.05, 3.63) is 70.6 Å². The molecular weight excluding hydrogens is 510 g/mol. The van der Waals surface area contributed by atoms with Crippen LogP contribution in [-0.2, 0) is 21.5 Å². The van der Waals surface area contributed by atoms with Gasteiger partial charge in [-0.05, 0) is 55.5 Å². The van der Waals surface area contributed by atoms with Gasteiger partial charge in [0.2, 0.25) is 5.82 Å². The van der Waals surface area contributed by atoms with Gasteiger partial charge in [-0.2, -0.15) is 4.98 Å². The molecule has 0 bridgehead atoms. The number of aliphatic hydroxyl groups excluding tert-OH is 1. The maximum absolute atomic E-state index is 10.8. The van der Waals surface area contributed by atoms with Gasteiger partial charge in [0.1, 0.15) is 12.7 Å². The number of ether oxygens (including phenoxy) is 2. The number of aliphatic hydroxyl groups is 1. The molecule has 5 rings (SSSR count). The molecule has 2 aliphatic rings. The Morgan fingerprint density at radius 3 is 2.61 bits per heavy atom. The molecule has 1 aromatic heterocycles. The van der Waals surface area contributed by atoms with Crippen LogP contribution in [0.2, 0.25) is 5.02 Å². The standard InChI is InChI=1S/C28H32ClN3O6/c29-22-10-8-21(9-11-22)28(12-2-13-28)18-36-17-25-30-26(31-38-25)20-6-4-19(5-7-20)24(33)16-32-14-1-3-23(15-32)37-27(34)35/h4-11,23-24,33H,1-3,12-18H2,(H,34,35)/t23-,24?/m0/s1. The maximum Gasteiger partial charge on any atom is 0.506 e. The molecule has 0 radical (unpaired) electrons. The first-order valence-electron chi connectivity index (χ1n) is 13.0. The normalized spacial score (nSPS) is 20.0. The van der Waals surface area contributed by atoms with Crippen LogP contribution in [-0.4, -0.2) is 63.8 Å². The number of β-amino-alcohol motifs (C(OH)–C–C–N with tert-alkyl or cyclic N) is 1. The largest absolute Gasteiger partial charge is 0.506 e. The fourth-order valence-corrected chi connectivity index (χ4v) is 5.44. The molecule has 0 amide bonds. The van der Waals surface area contributed by atoms with Crippen LogP contribution in [0.3, 0.4) is 0 Å². The lowest BCUT2D eigenvalue weighted by atomic mass is 9.65. The number of aromatic nitrogens is 2. The topological polar surface area (TPSA) is 118 Å². The smallest absolute Gasteiger partial charge is 0.450 e. The summed E-state index contributed by atoms with van der Waals surface area (Å²) < 4.78 is 16.3. The van der Waals surface area contributed by atoms with Gasteiger partial charge < -0.3 is 24.2 Å². The average molecular weight is 542 g/mol. The first-order chi connectivity index (χ1) is 18.4. The Morgan fingerprint density at radius 2 is 1.92 bits per heavy atom. The number of rotatable bonds is 10. The van der Waals surface area contributed by atoms with Crippen LogP contribution in [0.5, 0.6) is 0 Å². The summed E-state index contributed by atoms with van der Waals surface area (Å²) in [5.41, 5.74) is 2.80. The molecule has 10 heteroatoms. The van der Waals surface area contributed by atoms with Crippen molar-refractivity contribution in [2.24, 2.45) is 0 Å². The van der Waals surface area contributed by atoms with Gasteiger partial charge >= 0.3 is 6.16 Å². The molecule has 2 fully saturated rings. The Hall–Kier alpha value is -2.98. The van der Waals surface area contributed by atoms with E-state index in [0.29, 0.717) is 37.8 Å². The maximum atomic E-state index is 10.8. The van der Waals surface area contributed by atoms with E-state index in [9.17, 15) is 9.90 Å². The fourth-order valence-electron chi connectivity index (χ4n) is 5.31. The van der Waals surface area contributed by atoms with E-state index in [-0.39, 0.29) is 18.1 Å². The Labute approximate surface area is 226 Å². The number of nitrogens with zero attached hydrogens (tertiary/aromatic N) is 3. The van der Waals surface area contributed by atoms with Crippen molar-refractivity contribution >= 4 is 17.8 Å². The number of piperidine rings is 1. The summed E-state index contributed by atoms with van der Waals surface area (Å²) in [7, 11) is 0. The van der Waals surface area contributed by atoms with Crippen molar-refractivity contribution in [3.8, 4) is 11.4 Å². The van der Waals surface area contributed by atoms with Gasteiger partial charge in [-0.1, -0.05) is 59.6 Å². The summed E-state index contributed by atoms with van der Waals surface area (Å²) in [6, 6.07) is 15.4. The van der Waals surface area contributed by atoms with Gasteiger partial charge in [0.05, 0.1) is 12.7 Å². The van der Waals surface area contributed by atoms with E-state index in [2.05, 4.69) is 22.3 Å². The molecule has 1 aliphatic heterocycles. The SMILES string of the molecule is O=C(O)O[C@H]1CCCN(CC(O)c2ccc(-c3noc(COCC4(c5ccc(Cl)cc5)CCC4)n3)cc2)C1. The highest BCUT2D eigenvalue weighted by molar-refractivity contribution is 6.30. The zero-order valence-corrected chi connectivity index (χ0v) is 21.8. The van der Waals surface area contributed by atoms with Gasteiger partial charge in [-0.3, -0.25) is 4.90 Å². The number of carbonyl (C=O) groups is 1. The summed E-state index contributed by atoms with van der Waals surface area (Å²) in [6.07, 6.45) is 2.55. The molecule has 0 spiro atoms. The van der Waals surface area contributed by atoms with Gasteiger partial charge in [-0.25, -0.2) is 4.79 Å². The van der Waals surface area contributed by atoms with Gasteiger partial charge in [0.25, 0.3) is 5.89 Å². The molecule has 2 N–H and O–H groups in total. The molecule has 38 heavy (non-hydrogen) atoms. The lowest BCUT2D eigenvalue weighted by molar-refractivity contribution is 0.00215. The average Bonchev–Trinajstić information content (AvgIpc) is 3.35. The summed E-state index contributed by atoms with van der Waals surface area (Å²) in [4.78, 5) is 17.3. The summed E-state index contributed by atoms with van der Waals surface area (Å²) in [6.45, 7) is 2.50. The first-order valence-corrected chi connectivity index (χ1v) is 13.3. The van der Waals surface area contributed by atoms with Crippen LogP contribution in [0.15, 0.2) is 53.1 Å². The minimum Gasteiger partial charge on any atom is -0.450 e. The molecule has 1 unspecified atom stereocenters. The van der Waals surface area contributed by atoms with E-state index in [1.54, 1.807) is 0 Å². The van der Waals surface area contributed by atoms with Crippen molar-refractivity contribution in [2.45, 2.75) is 56.3 Å². The lowest BCUT2D eigenvalue weighted by Gasteiger charge is -2.42. The van der Waals surface area contributed by atoms with Crippen molar-refractivity contribution in [3.63, 3.8) is 0 Å². The molecule has 1 saturated heterocycles. The Balaban J connectivity index is 1.13. The minimum atomic E-state index is -1.26. The molecule has 2 aromatic carbocycles. The molecule has 1 aliphatic carbocycles. The van der Waals surface area contributed by atoms with Crippen LogP contribution in [0.25, 0.3) is 11.4 Å². The van der Waals surface area contributed by atoms with Crippen molar-refractivity contribution in [1.29, 1.82) is 0 Å². The van der Waals surface area contributed by atoms with E-state index in [0.717, 1.165) is 42.0 Å². The highest BCUT2D eigenvalue weighted by Gasteiger charge is 2.39. The van der Waals surface area contributed by atoms with Crippen LogP contribution >= 0.6 is 11.6 Å². The Bertz CT molecular complexity index is 1210. The van der Waals surface area contributed by atoms with E-state index >= 15 is 0 Å². The molecular formula is C28H32ClN3O6. The number of benzene rings is 2. The molecule has 202 valence electrons. The van der Waals surface area contributed by atoms with Gasteiger partial charge in [-0.15, -0.1) is 0 Å². The lowest BCUT2D eigenvalue weighted by Crippen LogP contribution is -2.42. The van der Waals surface area contributed by atoms with Gasteiger partial charge in [0.15, 0.2) is 0 Å². The van der Waals surface area contributed by atoms with E-state index in [4.69, 9.17) is 30.7 Å². The third kappa shape index (κ3) is 6.35. The van der Waals surface area contributed by atoms with Crippen LogP contribution < -0.4 is 0 Å². The predicted octanol–water partition coefficient (Wildman–Crippen LogP) is 5.22. The molecule has 2 atom stereocenters. The van der Waals surface area contributed by atoms with Crippen molar-refractivity contribution in [1.82, 2.24) is 15.0 Å². The zero-order chi connectivity index (χ0) is 26.5. The van der Waals surface area contributed by atoms with Crippen molar-refractivity contribution < 1.29 is 29.0 Å². The number of hydrogen-bond acceptors (Lipinski definition) is 8. The Morgan fingerprint density at radius 1 is 1.16 bits per heavy atom. The highest BCUT2D eigenvalue weighted by Crippen LogP contribution is 2.44. The van der Waals surface area contributed by atoms with E-state index in [1.165, 1.54) is 12.0 Å². The second-order valence-electron chi connectivity index (χ2n) is 10.2. The quantitative estimate of drug-likeness (QED) is 0.333. The molecule has 1 saturated carbocycles. The number of likely N-dealkylation sites (tertiary alicyclic amines) is 1. The second-order valence-corrected chi connectivity index (χ2v) is 10.6.